The number of benzene rings is 2. The zero-order valence-corrected chi connectivity index (χ0v) is 14.0. The molecule has 0 saturated carbocycles. The molecule has 2 aromatic carbocycles. The second kappa shape index (κ2) is 7.32. The molecule has 2 rings (SSSR count). The van der Waals surface area contributed by atoms with Crippen LogP contribution in [0.15, 0.2) is 40.9 Å². The molecular formula is C15H14BrCl2NO. The number of hydrogen-bond acceptors (Lipinski definition) is 2. The van der Waals surface area contributed by atoms with Crippen molar-refractivity contribution in [1.82, 2.24) is 5.32 Å². The number of nitrogens with one attached hydrogen (secondary N) is 1. The van der Waals surface area contributed by atoms with Crippen LogP contribution in [0, 0.1) is 0 Å². The molecule has 2 aromatic rings. The van der Waals surface area contributed by atoms with E-state index in [1.54, 1.807) is 6.07 Å². The molecule has 0 aliphatic carbocycles. The minimum Gasteiger partial charge on any atom is -0.455 e. The van der Waals surface area contributed by atoms with Crippen molar-refractivity contribution in [3.63, 3.8) is 0 Å². The first kappa shape index (κ1) is 15.6. The molecule has 0 bridgehead atoms. The topological polar surface area (TPSA) is 21.3 Å². The highest BCUT2D eigenvalue weighted by atomic mass is 79.9. The Labute approximate surface area is 137 Å². The molecule has 0 saturated heterocycles. The molecule has 2 nitrogen and oxygen atoms in total. The van der Waals surface area contributed by atoms with E-state index in [1.165, 1.54) is 0 Å². The van der Waals surface area contributed by atoms with Crippen LogP contribution in [-0.2, 0) is 6.54 Å². The van der Waals surface area contributed by atoms with Gasteiger partial charge in [-0.15, -0.1) is 0 Å². The van der Waals surface area contributed by atoms with Crippen molar-refractivity contribution < 1.29 is 4.74 Å². The van der Waals surface area contributed by atoms with E-state index in [-0.39, 0.29) is 0 Å². The molecule has 0 heterocycles. The predicted octanol–water partition coefficient (Wildman–Crippen LogP) is 5.66. The maximum absolute atomic E-state index is 6.24. The molecule has 20 heavy (non-hydrogen) atoms. The summed E-state index contributed by atoms with van der Waals surface area (Å²) in [5.41, 5.74) is 0.923. The lowest BCUT2D eigenvalue weighted by molar-refractivity contribution is 0.473. The van der Waals surface area contributed by atoms with Crippen LogP contribution in [-0.4, -0.2) is 6.54 Å². The van der Waals surface area contributed by atoms with Crippen LogP contribution in [0.3, 0.4) is 0 Å². The van der Waals surface area contributed by atoms with E-state index in [0.717, 1.165) is 16.6 Å². The summed E-state index contributed by atoms with van der Waals surface area (Å²) >= 11 is 15.8. The summed E-state index contributed by atoms with van der Waals surface area (Å²) in [6, 6.07) is 11.1. The highest BCUT2D eigenvalue weighted by molar-refractivity contribution is 9.10. The largest absolute Gasteiger partial charge is 0.455 e. The van der Waals surface area contributed by atoms with Crippen molar-refractivity contribution in [2.45, 2.75) is 13.5 Å². The fraction of sp³-hybridized carbons (Fsp3) is 0.200. The summed E-state index contributed by atoms with van der Waals surface area (Å²) in [5.74, 6) is 1.31. The van der Waals surface area contributed by atoms with E-state index in [1.807, 2.05) is 37.3 Å². The molecule has 0 atom stereocenters. The molecule has 0 aliphatic rings. The number of hydrogen-bond donors (Lipinski definition) is 1. The van der Waals surface area contributed by atoms with E-state index in [2.05, 4.69) is 21.2 Å². The minimum absolute atomic E-state index is 0.558. The summed E-state index contributed by atoms with van der Waals surface area (Å²) in [6.07, 6.45) is 0. The smallest absolute Gasteiger partial charge is 0.147 e. The molecule has 0 aliphatic heterocycles. The fourth-order valence-electron chi connectivity index (χ4n) is 1.73. The molecule has 0 fully saturated rings. The van der Waals surface area contributed by atoms with E-state index < -0.39 is 0 Å². The standard InChI is InChI=1S/C15H14BrCl2NO/c1-2-19-9-11-12(17)4-3-5-14(11)20-15-8-10(16)6-7-13(15)18/h3-8,19H,2,9H2,1H3. The van der Waals surface area contributed by atoms with Gasteiger partial charge in [-0.1, -0.05) is 52.1 Å². The SMILES string of the molecule is CCNCc1c(Cl)cccc1Oc1cc(Br)ccc1Cl. The number of rotatable bonds is 5. The molecule has 0 spiro atoms. The third-order valence-electron chi connectivity index (χ3n) is 2.74. The third-order valence-corrected chi connectivity index (χ3v) is 3.90. The van der Waals surface area contributed by atoms with Crippen LogP contribution in [0.5, 0.6) is 11.5 Å². The second-order valence-electron chi connectivity index (χ2n) is 4.17. The van der Waals surface area contributed by atoms with Gasteiger partial charge < -0.3 is 10.1 Å². The Morgan fingerprint density at radius 3 is 2.65 bits per heavy atom. The van der Waals surface area contributed by atoms with Gasteiger partial charge in [0.1, 0.15) is 11.5 Å². The van der Waals surface area contributed by atoms with Gasteiger partial charge in [-0.25, -0.2) is 0 Å². The maximum atomic E-state index is 6.24. The van der Waals surface area contributed by atoms with Crippen LogP contribution in [0.1, 0.15) is 12.5 Å². The van der Waals surface area contributed by atoms with E-state index in [9.17, 15) is 0 Å². The molecule has 1 N–H and O–H groups in total. The van der Waals surface area contributed by atoms with E-state index in [4.69, 9.17) is 27.9 Å². The Bertz CT molecular complexity index is 604. The van der Waals surface area contributed by atoms with Crippen molar-refractivity contribution in [2.24, 2.45) is 0 Å². The molecule has 0 aromatic heterocycles. The summed E-state index contributed by atoms with van der Waals surface area (Å²) < 4.78 is 6.82. The molecule has 106 valence electrons. The Kier molecular flexibility index (Phi) is 5.73. The summed E-state index contributed by atoms with van der Waals surface area (Å²) in [7, 11) is 0. The molecule has 0 unspecified atom stereocenters. The van der Waals surface area contributed by atoms with Crippen LogP contribution in [0.2, 0.25) is 10.0 Å². The maximum Gasteiger partial charge on any atom is 0.147 e. The Balaban J connectivity index is 2.33. The van der Waals surface area contributed by atoms with Crippen LogP contribution < -0.4 is 10.1 Å². The van der Waals surface area contributed by atoms with Gasteiger partial charge >= 0.3 is 0 Å². The molecule has 0 radical (unpaired) electrons. The van der Waals surface area contributed by atoms with Gasteiger partial charge in [0.25, 0.3) is 0 Å². The highest BCUT2D eigenvalue weighted by Crippen LogP contribution is 2.35. The van der Waals surface area contributed by atoms with Crippen LogP contribution in [0.4, 0.5) is 0 Å². The van der Waals surface area contributed by atoms with Crippen molar-refractivity contribution in [3.8, 4) is 11.5 Å². The predicted molar refractivity (Wildman–Crippen MR) is 88.1 cm³/mol. The lowest BCUT2D eigenvalue weighted by atomic mass is 10.2. The first-order chi connectivity index (χ1) is 9.61. The van der Waals surface area contributed by atoms with Crippen molar-refractivity contribution in [2.75, 3.05) is 6.54 Å². The summed E-state index contributed by atoms with van der Waals surface area (Å²) in [4.78, 5) is 0. The minimum atomic E-state index is 0.558. The fourth-order valence-corrected chi connectivity index (χ4v) is 2.46. The number of halogens is 3. The highest BCUT2D eigenvalue weighted by Gasteiger charge is 2.11. The Morgan fingerprint density at radius 1 is 1.10 bits per heavy atom. The van der Waals surface area contributed by atoms with Crippen molar-refractivity contribution >= 4 is 39.1 Å². The van der Waals surface area contributed by atoms with Gasteiger partial charge in [-0.05, 0) is 36.9 Å². The van der Waals surface area contributed by atoms with Crippen molar-refractivity contribution in [1.29, 1.82) is 0 Å². The first-order valence-electron chi connectivity index (χ1n) is 6.23. The zero-order valence-electron chi connectivity index (χ0n) is 10.9. The Hall–Kier alpha value is -0.740. The normalized spacial score (nSPS) is 10.6. The van der Waals surface area contributed by atoms with Gasteiger partial charge in [0.2, 0.25) is 0 Å². The molecule has 5 heteroatoms. The molecule has 0 amide bonds. The molecular weight excluding hydrogens is 361 g/mol. The van der Waals surface area contributed by atoms with Crippen LogP contribution in [0.25, 0.3) is 0 Å². The van der Waals surface area contributed by atoms with Gasteiger partial charge in [-0.3, -0.25) is 0 Å². The third kappa shape index (κ3) is 3.89. The first-order valence-corrected chi connectivity index (χ1v) is 7.77. The Morgan fingerprint density at radius 2 is 1.90 bits per heavy atom. The van der Waals surface area contributed by atoms with Gasteiger partial charge in [-0.2, -0.15) is 0 Å². The summed E-state index contributed by atoms with van der Waals surface area (Å²) in [5, 5.41) is 4.48. The van der Waals surface area contributed by atoms with E-state index in [0.29, 0.717) is 28.1 Å². The van der Waals surface area contributed by atoms with E-state index >= 15 is 0 Å². The lowest BCUT2D eigenvalue weighted by Crippen LogP contribution is -2.12. The average Bonchev–Trinajstić information content (AvgIpc) is 2.42. The van der Waals surface area contributed by atoms with Gasteiger partial charge in [0, 0.05) is 21.6 Å². The quantitative estimate of drug-likeness (QED) is 0.729. The monoisotopic (exact) mass is 373 g/mol. The zero-order chi connectivity index (χ0) is 14.5. The summed E-state index contributed by atoms with van der Waals surface area (Å²) in [6.45, 7) is 3.56. The number of ether oxygens (including phenoxy) is 1. The van der Waals surface area contributed by atoms with Crippen molar-refractivity contribution in [3.05, 3.63) is 56.5 Å². The van der Waals surface area contributed by atoms with Gasteiger partial charge in [0.05, 0.1) is 5.02 Å². The lowest BCUT2D eigenvalue weighted by Gasteiger charge is -2.14. The van der Waals surface area contributed by atoms with Gasteiger partial charge in [0.15, 0.2) is 0 Å². The second-order valence-corrected chi connectivity index (χ2v) is 5.90. The van der Waals surface area contributed by atoms with Crippen LogP contribution >= 0.6 is 39.1 Å². The average molecular weight is 375 g/mol.